The van der Waals surface area contributed by atoms with E-state index < -0.39 is 0 Å². The van der Waals surface area contributed by atoms with Gasteiger partial charge in [-0.3, -0.25) is 4.79 Å². The number of carbonyl (C=O) groups excluding carboxylic acids is 1. The summed E-state index contributed by atoms with van der Waals surface area (Å²) in [5.74, 6) is 1.59. The van der Waals surface area contributed by atoms with Gasteiger partial charge in [0, 0.05) is 11.3 Å². The molecule has 0 fully saturated rings. The number of anilines is 1. The van der Waals surface area contributed by atoms with E-state index in [1.807, 2.05) is 48.5 Å². The number of nitrogens with zero attached hydrogens (tertiary/aromatic N) is 2. The summed E-state index contributed by atoms with van der Waals surface area (Å²) < 4.78 is 10.3. The van der Waals surface area contributed by atoms with Crippen molar-refractivity contribution in [2.75, 3.05) is 12.4 Å². The van der Waals surface area contributed by atoms with Crippen LogP contribution in [-0.2, 0) is 11.2 Å². The van der Waals surface area contributed by atoms with E-state index in [4.69, 9.17) is 9.26 Å². The minimum Gasteiger partial charge on any atom is -0.497 e. The molecular formula is C20H21N3O3. The second-order valence-corrected chi connectivity index (χ2v) is 6.21. The molecule has 0 saturated heterocycles. The molecule has 0 radical (unpaired) electrons. The molecule has 3 aromatic rings. The molecule has 0 bridgehead atoms. The molecule has 3 rings (SSSR count). The van der Waals surface area contributed by atoms with E-state index in [9.17, 15) is 4.79 Å². The second-order valence-electron chi connectivity index (χ2n) is 6.21. The number of aromatic nitrogens is 2. The van der Waals surface area contributed by atoms with Crippen LogP contribution in [0.4, 0.5) is 5.69 Å². The lowest BCUT2D eigenvalue weighted by molar-refractivity contribution is -0.115. The minimum absolute atomic E-state index is 0.0234. The van der Waals surface area contributed by atoms with Gasteiger partial charge in [-0.15, -0.1) is 0 Å². The molecule has 1 heterocycles. The summed E-state index contributed by atoms with van der Waals surface area (Å²) >= 11 is 0. The number of hydrogen-bond donors (Lipinski definition) is 1. The highest BCUT2D eigenvalue weighted by molar-refractivity contribution is 5.92. The number of para-hydroxylation sites is 1. The molecule has 26 heavy (non-hydrogen) atoms. The molecule has 2 aromatic carbocycles. The predicted octanol–water partition coefficient (Wildman–Crippen LogP) is 4.05. The third-order valence-corrected chi connectivity index (χ3v) is 3.98. The van der Waals surface area contributed by atoms with Crippen LogP contribution in [-0.4, -0.2) is 23.2 Å². The Balaban J connectivity index is 1.68. The number of rotatable bonds is 6. The SMILES string of the molecule is COc1ccc(-c2noc(CC(=O)Nc3ccccc3C(C)C)n2)cc1. The fourth-order valence-electron chi connectivity index (χ4n) is 2.63. The van der Waals surface area contributed by atoms with Crippen LogP contribution in [0, 0.1) is 0 Å². The topological polar surface area (TPSA) is 77.2 Å². The Morgan fingerprint density at radius 1 is 1.15 bits per heavy atom. The monoisotopic (exact) mass is 351 g/mol. The molecule has 0 aliphatic carbocycles. The Bertz CT molecular complexity index is 885. The van der Waals surface area contributed by atoms with Gasteiger partial charge in [0.1, 0.15) is 12.2 Å². The number of nitrogens with one attached hydrogen (secondary N) is 1. The van der Waals surface area contributed by atoms with Crippen molar-refractivity contribution in [2.45, 2.75) is 26.2 Å². The fraction of sp³-hybridized carbons (Fsp3) is 0.250. The highest BCUT2D eigenvalue weighted by atomic mass is 16.5. The van der Waals surface area contributed by atoms with Gasteiger partial charge in [-0.2, -0.15) is 4.98 Å². The van der Waals surface area contributed by atoms with E-state index in [-0.39, 0.29) is 18.2 Å². The molecule has 0 spiro atoms. The molecule has 1 amide bonds. The third-order valence-electron chi connectivity index (χ3n) is 3.98. The Hall–Kier alpha value is -3.15. The molecule has 0 aliphatic rings. The maximum Gasteiger partial charge on any atom is 0.236 e. The lowest BCUT2D eigenvalue weighted by atomic mass is 10.0. The molecule has 6 nitrogen and oxygen atoms in total. The summed E-state index contributed by atoms with van der Waals surface area (Å²) in [7, 11) is 1.61. The lowest BCUT2D eigenvalue weighted by Gasteiger charge is -2.12. The number of methoxy groups -OCH3 is 1. The van der Waals surface area contributed by atoms with Gasteiger partial charge in [0.25, 0.3) is 0 Å². The van der Waals surface area contributed by atoms with E-state index in [2.05, 4.69) is 29.3 Å². The Kier molecular flexibility index (Phi) is 5.31. The van der Waals surface area contributed by atoms with E-state index in [0.29, 0.717) is 11.7 Å². The molecule has 1 aromatic heterocycles. The number of ether oxygens (including phenoxy) is 1. The lowest BCUT2D eigenvalue weighted by Crippen LogP contribution is -2.16. The van der Waals surface area contributed by atoms with Gasteiger partial charge in [0.05, 0.1) is 7.11 Å². The predicted molar refractivity (Wildman–Crippen MR) is 99.2 cm³/mol. The van der Waals surface area contributed by atoms with Crippen LogP contribution in [0.15, 0.2) is 53.1 Å². The zero-order valence-electron chi connectivity index (χ0n) is 15.0. The van der Waals surface area contributed by atoms with Crippen LogP contribution in [0.1, 0.15) is 31.2 Å². The largest absolute Gasteiger partial charge is 0.497 e. The van der Waals surface area contributed by atoms with E-state index in [0.717, 1.165) is 22.6 Å². The standard InChI is InChI=1S/C20H21N3O3/c1-13(2)16-6-4-5-7-17(16)21-18(24)12-19-22-20(23-26-19)14-8-10-15(25-3)11-9-14/h4-11,13H,12H2,1-3H3,(H,21,24). The van der Waals surface area contributed by atoms with Crippen molar-refractivity contribution < 1.29 is 14.1 Å². The maximum atomic E-state index is 12.3. The molecular weight excluding hydrogens is 330 g/mol. The number of benzene rings is 2. The molecule has 134 valence electrons. The maximum absolute atomic E-state index is 12.3. The van der Waals surface area contributed by atoms with Gasteiger partial charge in [-0.05, 0) is 41.8 Å². The third kappa shape index (κ3) is 4.08. The summed E-state index contributed by atoms with van der Waals surface area (Å²) in [6, 6.07) is 15.1. The molecule has 0 unspecified atom stereocenters. The van der Waals surface area contributed by atoms with Crippen LogP contribution >= 0.6 is 0 Å². The first kappa shape index (κ1) is 17.7. The number of amides is 1. The van der Waals surface area contributed by atoms with Crippen molar-refractivity contribution in [1.29, 1.82) is 0 Å². The zero-order valence-corrected chi connectivity index (χ0v) is 15.0. The van der Waals surface area contributed by atoms with Crippen molar-refractivity contribution in [3.8, 4) is 17.1 Å². The van der Waals surface area contributed by atoms with Gasteiger partial charge in [-0.25, -0.2) is 0 Å². The first-order valence-electron chi connectivity index (χ1n) is 8.42. The first-order chi connectivity index (χ1) is 12.6. The second kappa shape index (κ2) is 7.82. The molecule has 6 heteroatoms. The highest BCUT2D eigenvalue weighted by Gasteiger charge is 2.14. The zero-order chi connectivity index (χ0) is 18.5. The van der Waals surface area contributed by atoms with Crippen molar-refractivity contribution in [1.82, 2.24) is 10.1 Å². The van der Waals surface area contributed by atoms with E-state index >= 15 is 0 Å². The summed E-state index contributed by atoms with van der Waals surface area (Å²) in [6.45, 7) is 4.17. The Morgan fingerprint density at radius 2 is 1.88 bits per heavy atom. The molecule has 0 aliphatic heterocycles. The van der Waals surface area contributed by atoms with Crippen molar-refractivity contribution in [2.24, 2.45) is 0 Å². The summed E-state index contributed by atoms with van der Waals surface area (Å²) in [5, 5.41) is 6.86. The smallest absolute Gasteiger partial charge is 0.236 e. The molecule has 1 N–H and O–H groups in total. The minimum atomic E-state index is -0.192. The Morgan fingerprint density at radius 3 is 2.58 bits per heavy atom. The van der Waals surface area contributed by atoms with Gasteiger partial charge < -0.3 is 14.6 Å². The molecule has 0 saturated carbocycles. The van der Waals surface area contributed by atoms with E-state index in [1.165, 1.54) is 0 Å². The Labute approximate surface area is 152 Å². The van der Waals surface area contributed by atoms with Crippen molar-refractivity contribution in [3.63, 3.8) is 0 Å². The summed E-state index contributed by atoms with van der Waals surface area (Å²) in [4.78, 5) is 16.6. The fourth-order valence-corrected chi connectivity index (χ4v) is 2.63. The first-order valence-corrected chi connectivity index (χ1v) is 8.42. The van der Waals surface area contributed by atoms with E-state index in [1.54, 1.807) is 7.11 Å². The summed E-state index contributed by atoms with van der Waals surface area (Å²) in [5.41, 5.74) is 2.69. The van der Waals surface area contributed by atoms with Crippen LogP contribution in [0.3, 0.4) is 0 Å². The van der Waals surface area contributed by atoms with Gasteiger partial charge in [-0.1, -0.05) is 37.2 Å². The average molecular weight is 351 g/mol. The van der Waals surface area contributed by atoms with Crippen LogP contribution in [0.25, 0.3) is 11.4 Å². The van der Waals surface area contributed by atoms with Gasteiger partial charge in [0.15, 0.2) is 0 Å². The quantitative estimate of drug-likeness (QED) is 0.725. The summed E-state index contributed by atoms with van der Waals surface area (Å²) in [6.07, 6.45) is 0.0234. The average Bonchev–Trinajstić information content (AvgIpc) is 3.10. The van der Waals surface area contributed by atoms with Gasteiger partial charge in [0.2, 0.25) is 17.6 Å². The van der Waals surface area contributed by atoms with Crippen molar-refractivity contribution in [3.05, 3.63) is 60.0 Å². The van der Waals surface area contributed by atoms with Crippen LogP contribution in [0.2, 0.25) is 0 Å². The van der Waals surface area contributed by atoms with Gasteiger partial charge >= 0.3 is 0 Å². The van der Waals surface area contributed by atoms with Crippen molar-refractivity contribution >= 4 is 11.6 Å². The normalized spacial score (nSPS) is 10.8. The number of carbonyl (C=O) groups is 1. The molecule has 0 atom stereocenters. The number of hydrogen-bond acceptors (Lipinski definition) is 5. The highest BCUT2D eigenvalue weighted by Crippen LogP contribution is 2.24. The van der Waals surface area contributed by atoms with Crippen LogP contribution in [0.5, 0.6) is 5.75 Å². The van der Waals surface area contributed by atoms with Crippen LogP contribution < -0.4 is 10.1 Å².